The van der Waals surface area contributed by atoms with E-state index in [1.54, 1.807) is 0 Å². The number of benzene rings is 1. The van der Waals surface area contributed by atoms with Crippen molar-refractivity contribution >= 4 is 35.9 Å². The average molecular weight is 525 g/mol. The lowest BCUT2D eigenvalue weighted by molar-refractivity contribution is -0.142. The number of nitrogens with zero attached hydrogens (tertiary/aromatic N) is 3. The monoisotopic (exact) mass is 524 g/mol. The van der Waals surface area contributed by atoms with Crippen molar-refractivity contribution in [3.05, 3.63) is 51.6 Å². The van der Waals surface area contributed by atoms with Gasteiger partial charge in [0, 0.05) is 29.1 Å². The van der Waals surface area contributed by atoms with Gasteiger partial charge in [-0.1, -0.05) is 17.7 Å². The number of alkyl halides is 3. The number of rotatable bonds is 5. The van der Waals surface area contributed by atoms with E-state index in [0.717, 1.165) is 10.7 Å². The van der Waals surface area contributed by atoms with Gasteiger partial charge in [0.1, 0.15) is 11.9 Å². The zero-order valence-electron chi connectivity index (χ0n) is 17.7. The summed E-state index contributed by atoms with van der Waals surface area (Å²) >= 11 is 5.76. The Labute approximate surface area is 203 Å². The number of amides is 1. The van der Waals surface area contributed by atoms with Crippen molar-refractivity contribution in [3.63, 3.8) is 0 Å². The van der Waals surface area contributed by atoms with Crippen LogP contribution in [-0.4, -0.2) is 50.8 Å². The Morgan fingerprint density at radius 3 is 2.65 bits per heavy atom. The summed E-state index contributed by atoms with van der Waals surface area (Å²) in [7, 11) is 0. The largest absolute Gasteiger partial charge is 0.480 e. The maximum absolute atomic E-state index is 14.3. The molecule has 2 aliphatic rings. The smallest absolute Gasteiger partial charge is 0.435 e. The Balaban J connectivity index is 0.00000324. The summed E-state index contributed by atoms with van der Waals surface area (Å²) in [5, 5.41) is 15.8. The molecule has 0 aliphatic carbocycles. The van der Waals surface area contributed by atoms with Crippen LogP contribution in [0.3, 0.4) is 0 Å². The molecule has 0 bridgehead atoms. The Kier molecular flexibility index (Phi) is 7.79. The molecule has 0 spiro atoms. The van der Waals surface area contributed by atoms with E-state index in [0.29, 0.717) is 13.0 Å². The van der Waals surface area contributed by atoms with Gasteiger partial charge in [0.05, 0.1) is 18.8 Å². The third-order valence-corrected chi connectivity index (χ3v) is 6.31. The van der Waals surface area contributed by atoms with Gasteiger partial charge in [-0.3, -0.25) is 14.3 Å². The van der Waals surface area contributed by atoms with Gasteiger partial charge in [0.2, 0.25) is 5.91 Å². The molecule has 2 unspecified atom stereocenters. The standard InChI is InChI=1S/C21H21ClF4N4O3.ClH/c22-13-2-1-12(15(23)7-13)9-30-17-10-29(4-3-14(17)19(28-30)21(24,25)26)18(31)6-11-5-16(20(32)33)27-8-11;/h1-2,7,11,16,27H,3-6,8-10H2,(H,32,33);1H. The number of hydrogen-bond acceptors (Lipinski definition) is 4. The minimum atomic E-state index is -4.68. The number of carboxylic acids is 1. The van der Waals surface area contributed by atoms with Crippen molar-refractivity contribution in [2.45, 2.75) is 44.6 Å². The van der Waals surface area contributed by atoms with Crippen LogP contribution in [0.1, 0.15) is 35.4 Å². The molecule has 34 heavy (non-hydrogen) atoms. The molecule has 2 aliphatic heterocycles. The maximum atomic E-state index is 14.3. The van der Waals surface area contributed by atoms with Crippen LogP contribution in [-0.2, 0) is 35.3 Å². The van der Waals surface area contributed by atoms with Crippen LogP contribution in [0.15, 0.2) is 18.2 Å². The first-order valence-electron chi connectivity index (χ1n) is 10.4. The van der Waals surface area contributed by atoms with Crippen LogP contribution >= 0.6 is 24.0 Å². The van der Waals surface area contributed by atoms with Crippen LogP contribution < -0.4 is 5.32 Å². The highest BCUT2D eigenvalue weighted by Crippen LogP contribution is 2.36. The predicted molar refractivity (Wildman–Crippen MR) is 116 cm³/mol. The van der Waals surface area contributed by atoms with Gasteiger partial charge >= 0.3 is 12.1 Å². The zero-order chi connectivity index (χ0) is 23.9. The van der Waals surface area contributed by atoms with E-state index >= 15 is 0 Å². The maximum Gasteiger partial charge on any atom is 0.435 e. The van der Waals surface area contributed by atoms with Crippen molar-refractivity contribution in [1.29, 1.82) is 0 Å². The van der Waals surface area contributed by atoms with E-state index in [1.807, 2.05) is 0 Å². The first-order valence-corrected chi connectivity index (χ1v) is 10.7. The SMILES string of the molecule is Cl.O=C(O)C1CC(CC(=O)N2CCc3c(C(F)(F)F)nn(Cc4ccc(Cl)cc4F)c3C2)CN1. The lowest BCUT2D eigenvalue weighted by Crippen LogP contribution is -2.38. The molecule has 1 saturated heterocycles. The highest BCUT2D eigenvalue weighted by molar-refractivity contribution is 6.30. The molecule has 13 heteroatoms. The second-order valence-corrected chi connectivity index (χ2v) is 8.77. The van der Waals surface area contributed by atoms with Gasteiger partial charge in [-0.05, 0) is 37.4 Å². The van der Waals surface area contributed by atoms with Crippen LogP contribution in [0.4, 0.5) is 17.6 Å². The normalized spacial score (nSPS) is 20.1. The Morgan fingerprint density at radius 2 is 2.03 bits per heavy atom. The van der Waals surface area contributed by atoms with Crippen molar-refractivity contribution in [2.24, 2.45) is 5.92 Å². The molecular formula is C21H22Cl2F4N4O3. The van der Waals surface area contributed by atoms with E-state index in [-0.39, 0.29) is 78.6 Å². The molecule has 1 fully saturated rings. The van der Waals surface area contributed by atoms with Crippen molar-refractivity contribution in [1.82, 2.24) is 20.0 Å². The highest BCUT2D eigenvalue weighted by Gasteiger charge is 2.41. The fourth-order valence-corrected chi connectivity index (χ4v) is 4.55. The molecule has 2 aromatic rings. The fraction of sp³-hybridized carbons (Fsp3) is 0.476. The molecule has 1 aromatic heterocycles. The average Bonchev–Trinajstić information content (AvgIpc) is 3.34. The molecule has 4 rings (SSSR count). The number of aromatic nitrogens is 2. The van der Waals surface area contributed by atoms with E-state index in [9.17, 15) is 27.2 Å². The molecule has 1 aromatic carbocycles. The first-order chi connectivity index (χ1) is 15.5. The van der Waals surface area contributed by atoms with Crippen LogP contribution in [0, 0.1) is 11.7 Å². The summed E-state index contributed by atoms with van der Waals surface area (Å²) in [5.74, 6) is -2.08. The van der Waals surface area contributed by atoms with E-state index < -0.39 is 29.7 Å². The molecule has 7 nitrogen and oxygen atoms in total. The van der Waals surface area contributed by atoms with Gasteiger partial charge in [-0.15, -0.1) is 12.4 Å². The lowest BCUT2D eigenvalue weighted by atomic mass is 9.99. The Hall–Kier alpha value is -2.37. The number of nitrogens with one attached hydrogen (secondary N) is 1. The van der Waals surface area contributed by atoms with E-state index in [1.165, 1.54) is 17.0 Å². The number of carbonyl (C=O) groups excluding carboxylic acids is 1. The number of carboxylic acid groups (broad SMARTS) is 1. The van der Waals surface area contributed by atoms with Gasteiger partial charge < -0.3 is 15.3 Å². The number of aliphatic carboxylic acids is 1. The number of hydrogen-bond donors (Lipinski definition) is 2. The minimum absolute atomic E-state index is 0. The fourth-order valence-electron chi connectivity index (χ4n) is 4.39. The molecule has 3 heterocycles. The van der Waals surface area contributed by atoms with Crippen molar-refractivity contribution in [2.75, 3.05) is 13.1 Å². The summed E-state index contributed by atoms with van der Waals surface area (Å²) in [6, 6.07) is 3.20. The summed E-state index contributed by atoms with van der Waals surface area (Å²) in [6.45, 7) is 0.150. The van der Waals surface area contributed by atoms with Crippen molar-refractivity contribution < 1.29 is 32.3 Å². The van der Waals surface area contributed by atoms with E-state index in [2.05, 4.69) is 10.4 Å². The molecule has 2 atom stereocenters. The predicted octanol–water partition coefficient (Wildman–Crippen LogP) is 3.50. The molecule has 2 N–H and O–H groups in total. The van der Waals surface area contributed by atoms with Crippen LogP contribution in [0.2, 0.25) is 5.02 Å². The second-order valence-electron chi connectivity index (χ2n) is 8.34. The topological polar surface area (TPSA) is 87.5 Å². The first kappa shape index (κ1) is 26.2. The molecule has 1 amide bonds. The van der Waals surface area contributed by atoms with Crippen LogP contribution in [0.25, 0.3) is 0 Å². The van der Waals surface area contributed by atoms with Gasteiger partial charge in [-0.25, -0.2) is 4.39 Å². The van der Waals surface area contributed by atoms with Gasteiger partial charge in [0.25, 0.3) is 0 Å². The summed E-state index contributed by atoms with van der Waals surface area (Å²) < 4.78 is 56.1. The second kappa shape index (κ2) is 10.1. The Morgan fingerprint density at radius 1 is 1.29 bits per heavy atom. The number of fused-ring (bicyclic) bond motifs is 1. The minimum Gasteiger partial charge on any atom is -0.480 e. The Bertz CT molecular complexity index is 1090. The lowest BCUT2D eigenvalue weighted by Gasteiger charge is -2.29. The van der Waals surface area contributed by atoms with Crippen LogP contribution in [0.5, 0.6) is 0 Å². The van der Waals surface area contributed by atoms with E-state index in [4.69, 9.17) is 16.7 Å². The molecule has 186 valence electrons. The molecule has 0 radical (unpaired) electrons. The third kappa shape index (κ3) is 5.47. The quantitative estimate of drug-likeness (QED) is 0.584. The third-order valence-electron chi connectivity index (χ3n) is 6.08. The summed E-state index contributed by atoms with van der Waals surface area (Å²) in [6.07, 6.45) is -4.30. The highest BCUT2D eigenvalue weighted by atomic mass is 35.5. The van der Waals surface area contributed by atoms with Gasteiger partial charge in [0.15, 0.2) is 5.69 Å². The zero-order valence-corrected chi connectivity index (χ0v) is 19.3. The number of carbonyl (C=O) groups is 2. The number of halogens is 6. The molecular weight excluding hydrogens is 503 g/mol. The molecule has 0 saturated carbocycles. The van der Waals surface area contributed by atoms with Crippen molar-refractivity contribution in [3.8, 4) is 0 Å². The summed E-state index contributed by atoms with van der Waals surface area (Å²) in [5.41, 5.74) is -0.680. The summed E-state index contributed by atoms with van der Waals surface area (Å²) in [4.78, 5) is 25.4. The van der Waals surface area contributed by atoms with Gasteiger partial charge in [-0.2, -0.15) is 18.3 Å².